The Morgan fingerprint density at radius 3 is 2.36 bits per heavy atom. The first kappa shape index (κ1) is 29.3. The van der Waals surface area contributed by atoms with Crippen LogP contribution in [-0.2, 0) is 13.2 Å². The van der Waals surface area contributed by atoms with Gasteiger partial charge in [-0.2, -0.15) is 18.3 Å². The van der Waals surface area contributed by atoms with E-state index in [9.17, 15) is 18.0 Å². The normalized spacial score (nSPS) is 16.5. The van der Waals surface area contributed by atoms with Crippen LogP contribution in [0.3, 0.4) is 0 Å². The van der Waals surface area contributed by atoms with E-state index in [0.29, 0.717) is 31.9 Å². The molecule has 1 amide bonds. The lowest BCUT2D eigenvalue weighted by Crippen LogP contribution is -2.44. The van der Waals surface area contributed by atoms with Crippen molar-refractivity contribution in [2.45, 2.75) is 20.0 Å². The molecule has 10 nitrogen and oxygen atoms in total. The fraction of sp³-hybridized carbons (Fsp3) is 0.379. The van der Waals surface area contributed by atoms with Crippen molar-refractivity contribution in [3.8, 4) is 5.75 Å². The Bertz CT molecular complexity index is 1530. The summed E-state index contributed by atoms with van der Waals surface area (Å²) >= 11 is 0. The second-order valence-corrected chi connectivity index (χ2v) is 10.6. The highest BCUT2D eigenvalue weighted by molar-refractivity contribution is 6.06. The van der Waals surface area contributed by atoms with Gasteiger partial charge in [-0.25, -0.2) is 0 Å². The maximum atomic E-state index is 14.0. The number of hydrogen-bond acceptors (Lipinski definition) is 8. The predicted octanol–water partition coefficient (Wildman–Crippen LogP) is 4.24. The molecule has 224 valence electrons. The van der Waals surface area contributed by atoms with Gasteiger partial charge in [0.25, 0.3) is 5.91 Å². The monoisotopic (exact) mass is 584 g/mol. The van der Waals surface area contributed by atoms with Gasteiger partial charge < -0.3 is 19.9 Å². The minimum absolute atomic E-state index is 0.0393. The Hall–Kier alpha value is -4.23. The minimum atomic E-state index is -4.60. The van der Waals surface area contributed by atoms with E-state index in [0.717, 1.165) is 40.3 Å². The van der Waals surface area contributed by atoms with Crippen LogP contribution in [-0.4, -0.2) is 73.1 Å². The Morgan fingerprint density at radius 2 is 1.74 bits per heavy atom. The Kier molecular flexibility index (Phi) is 7.82. The SMILES string of the molecule is COc1c(NC(=O)c2ccc(C)c(N3C=C(c4cnn(C)c4C)NN3C)c2)cc(C(F)(F)F)cc1N1CCN(C)CC1. The largest absolute Gasteiger partial charge is 0.492 e. The summed E-state index contributed by atoms with van der Waals surface area (Å²) in [6.45, 7) is 6.36. The first-order valence-electron chi connectivity index (χ1n) is 13.5. The molecule has 5 rings (SSSR count). The molecule has 2 aliphatic rings. The molecule has 42 heavy (non-hydrogen) atoms. The highest BCUT2D eigenvalue weighted by Gasteiger charge is 2.34. The minimum Gasteiger partial charge on any atom is -0.492 e. The molecule has 0 aliphatic carbocycles. The van der Waals surface area contributed by atoms with Crippen molar-refractivity contribution < 1.29 is 22.7 Å². The standard InChI is InChI=1S/C29H35F3N8O2/c1-18-7-8-20(13-25(18)40-17-24(35-38(40)5)22-16-33-37(4)19(22)2)28(41)34-23-14-21(29(30,31)32)15-26(27(23)42-6)39-11-9-36(3)10-12-39/h7-8,13-17,35H,9-12H2,1-6H3,(H,34,41). The van der Waals surface area contributed by atoms with Gasteiger partial charge in [0, 0.05) is 63.3 Å². The van der Waals surface area contributed by atoms with Gasteiger partial charge in [-0.05, 0) is 50.7 Å². The summed E-state index contributed by atoms with van der Waals surface area (Å²) in [7, 11) is 7.07. The van der Waals surface area contributed by atoms with Crippen molar-refractivity contribution >= 4 is 28.7 Å². The highest BCUT2D eigenvalue weighted by Crippen LogP contribution is 2.43. The molecule has 2 aromatic carbocycles. The number of hydrogen-bond donors (Lipinski definition) is 2. The molecule has 0 spiro atoms. The number of nitrogens with zero attached hydrogens (tertiary/aromatic N) is 6. The topological polar surface area (TPSA) is 81.1 Å². The van der Waals surface area contributed by atoms with Crippen LogP contribution in [0.1, 0.15) is 32.7 Å². The first-order valence-corrected chi connectivity index (χ1v) is 13.5. The van der Waals surface area contributed by atoms with Crippen molar-refractivity contribution in [1.29, 1.82) is 0 Å². The molecule has 13 heteroatoms. The molecule has 0 unspecified atom stereocenters. The number of nitrogens with one attached hydrogen (secondary N) is 2. The van der Waals surface area contributed by atoms with Crippen LogP contribution < -0.4 is 25.4 Å². The van der Waals surface area contributed by atoms with Gasteiger partial charge in [0.2, 0.25) is 0 Å². The number of aryl methyl sites for hydroxylation is 2. The fourth-order valence-corrected chi connectivity index (χ4v) is 5.15. The molecule has 3 heterocycles. The number of amides is 1. The number of anilines is 3. The second kappa shape index (κ2) is 11.2. The van der Waals surface area contributed by atoms with Gasteiger partial charge in [0.1, 0.15) is 0 Å². The molecule has 1 saturated heterocycles. The number of ether oxygens (including phenoxy) is 1. The van der Waals surface area contributed by atoms with Crippen LogP contribution in [0.15, 0.2) is 42.7 Å². The molecule has 1 aromatic heterocycles. The lowest BCUT2D eigenvalue weighted by Gasteiger charge is -2.35. The van der Waals surface area contributed by atoms with Crippen LogP contribution >= 0.6 is 0 Å². The van der Waals surface area contributed by atoms with Gasteiger partial charge in [-0.15, -0.1) is 5.12 Å². The molecular weight excluding hydrogens is 549 g/mol. The van der Waals surface area contributed by atoms with Crippen LogP contribution in [0.4, 0.5) is 30.2 Å². The van der Waals surface area contributed by atoms with Crippen LogP contribution in [0.2, 0.25) is 0 Å². The van der Waals surface area contributed by atoms with Gasteiger partial charge in [-0.3, -0.25) is 19.9 Å². The number of halogens is 3. The summed E-state index contributed by atoms with van der Waals surface area (Å²) in [6, 6.07) is 7.18. The zero-order valence-electron chi connectivity index (χ0n) is 24.5. The van der Waals surface area contributed by atoms with E-state index >= 15 is 0 Å². The third-order valence-electron chi connectivity index (χ3n) is 7.79. The van der Waals surface area contributed by atoms with Gasteiger partial charge in [-0.1, -0.05) is 6.07 Å². The number of likely N-dealkylation sites (N-methyl/N-ethyl adjacent to an activating group) is 1. The number of aromatic nitrogens is 2. The summed E-state index contributed by atoms with van der Waals surface area (Å²) in [6.07, 6.45) is -0.915. The van der Waals surface area contributed by atoms with Gasteiger partial charge in [0.15, 0.2) is 5.75 Å². The molecule has 0 saturated carbocycles. The number of rotatable bonds is 6. The Morgan fingerprint density at radius 1 is 1.02 bits per heavy atom. The Labute approximate surface area is 242 Å². The summed E-state index contributed by atoms with van der Waals surface area (Å²) in [5.41, 5.74) is 7.37. The lowest BCUT2D eigenvalue weighted by molar-refractivity contribution is -0.137. The van der Waals surface area contributed by atoms with Crippen LogP contribution in [0, 0.1) is 13.8 Å². The maximum Gasteiger partial charge on any atom is 0.416 e. The number of hydrazine groups is 2. The second-order valence-electron chi connectivity index (χ2n) is 10.6. The van der Waals surface area contributed by atoms with E-state index in [1.54, 1.807) is 34.2 Å². The van der Waals surface area contributed by atoms with Crippen molar-refractivity contribution in [2.24, 2.45) is 7.05 Å². The van der Waals surface area contributed by atoms with Crippen molar-refractivity contribution in [3.63, 3.8) is 0 Å². The van der Waals surface area contributed by atoms with E-state index < -0.39 is 17.6 Å². The van der Waals surface area contributed by atoms with Gasteiger partial charge in [0.05, 0.1) is 41.6 Å². The van der Waals surface area contributed by atoms with Crippen LogP contribution in [0.25, 0.3) is 5.70 Å². The maximum absolute atomic E-state index is 14.0. The van der Waals surface area contributed by atoms with Crippen molar-refractivity contribution in [3.05, 3.63) is 70.7 Å². The van der Waals surface area contributed by atoms with E-state index in [-0.39, 0.29) is 17.0 Å². The summed E-state index contributed by atoms with van der Waals surface area (Å²) in [4.78, 5) is 17.5. The zero-order chi connectivity index (χ0) is 30.3. The average molecular weight is 585 g/mol. The molecule has 3 aromatic rings. The van der Waals surface area contributed by atoms with Crippen molar-refractivity contribution in [2.75, 3.05) is 62.6 Å². The zero-order valence-corrected chi connectivity index (χ0v) is 24.5. The number of piperazine rings is 1. The summed E-state index contributed by atoms with van der Waals surface area (Å²) in [5, 5.41) is 10.7. The van der Waals surface area contributed by atoms with Crippen LogP contribution in [0.5, 0.6) is 5.75 Å². The van der Waals surface area contributed by atoms with Crippen molar-refractivity contribution in [1.82, 2.24) is 25.2 Å². The molecule has 0 atom stereocenters. The summed E-state index contributed by atoms with van der Waals surface area (Å²) < 4.78 is 49.2. The first-order chi connectivity index (χ1) is 19.9. The lowest BCUT2D eigenvalue weighted by atomic mass is 10.1. The number of methoxy groups -OCH3 is 1. The van der Waals surface area contributed by atoms with E-state index in [1.807, 2.05) is 51.1 Å². The predicted molar refractivity (Wildman–Crippen MR) is 156 cm³/mol. The van der Waals surface area contributed by atoms with E-state index in [2.05, 4.69) is 20.7 Å². The molecule has 0 bridgehead atoms. The average Bonchev–Trinajstić information content (AvgIpc) is 3.49. The smallest absolute Gasteiger partial charge is 0.416 e. The third-order valence-corrected chi connectivity index (χ3v) is 7.79. The number of alkyl halides is 3. The summed E-state index contributed by atoms with van der Waals surface area (Å²) in [5.74, 6) is -0.364. The number of carbonyl (C=O) groups excluding carboxylic acids is 1. The Balaban J connectivity index is 1.47. The van der Waals surface area contributed by atoms with E-state index in [1.165, 1.54) is 7.11 Å². The van der Waals surface area contributed by atoms with Gasteiger partial charge >= 0.3 is 6.18 Å². The molecule has 2 N–H and O–H groups in total. The number of carbonyl (C=O) groups is 1. The number of benzene rings is 2. The fourth-order valence-electron chi connectivity index (χ4n) is 5.15. The third kappa shape index (κ3) is 5.61. The molecule has 0 radical (unpaired) electrons. The molecule has 2 aliphatic heterocycles. The molecule has 1 fully saturated rings. The highest BCUT2D eigenvalue weighted by atomic mass is 19.4. The molecular formula is C29H35F3N8O2. The van der Waals surface area contributed by atoms with E-state index in [4.69, 9.17) is 4.74 Å². The quantitative estimate of drug-likeness (QED) is 0.446.